The molecule has 0 atom stereocenters. The maximum atomic E-state index is 13.1. The third kappa shape index (κ3) is 11.6. The summed E-state index contributed by atoms with van der Waals surface area (Å²) in [6, 6.07) is 33.8. The molecule has 4 aromatic carbocycles. The van der Waals surface area contributed by atoms with Crippen LogP contribution in [0, 0.1) is 18.3 Å². The molecule has 0 bridgehead atoms. The van der Waals surface area contributed by atoms with Gasteiger partial charge in [0.05, 0.1) is 29.5 Å². The summed E-state index contributed by atoms with van der Waals surface area (Å²) in [5.74, 6) is 2.81. The number of amides is 1. The zero-order valence-electron chi connectivity index (χ0n) is 31.4. The molecule has 0 saturated carbocycles. The van der Waals surface area contributed by atoms with Crippen molar-refractivity contribution in [2.75, 3.05) is 32.8 Å². The van der Waals surface area contributed by atoms with Crippen molar-refractivity contribution in [1.29, 1.82) is 5.26 Å². The predicted molar refractivity (Wildman–Crippen MR) is 220 cm³/mol. The van der Waals surface area contributed by atoms with E-state index in [0.29, 0.717) is 53.6 Å². The molecule has 1 fully saturated rings. The molecule has 55 heavy (non-hydrogen) atoms. The Morgan fingerprint density at radius 3 is 2.29 bits per heavy atom. The van der Waals surface area contributed by atoms with Gasteiger partial charge in [0.2, 0.25) is 11.8 Å². The van der Waals surface area contributed by atoms with Gasteiger partial charge in [-0.3, -0.25) is 9.69 Å². The SMILES string of the molecule is Cc1cc(/C=C/C(=O)N2CCN(Cc3ccc(CCOc4ccc(C(C)C)cc4)cc3)CC2)cc(Cl)c1Oc1ccc(OCc2ccccc2C#N)cn1.Cl. The average molecular weight is 778 g/mol. The van der Waals surface area contributed by atoms with Crippen molar-refractivity contribution in [1.82, 2.24) is 14.8 Å². The second-order valence-electron chi connectivity index (χ2n) is 13.7. The van der Waals surface area contributed by atoms with Gasteiger partial charge in [0, 0.05) is 56.9 Å². The lowest BCUT2D eigenvalue weighted by atomic mass is 10.0. The third-order valence-electron chi connectivity index (χ3n) is 9.44. The Labute approximate surface area is 335 Å². The number of nitriles is 1. The number of aromatic nitrogens is 1. The standard InChI is InChI=1S/C45H45ClN4O4.ClH/c1-32(2)37-13-15-40(16-14-37)52-25-20-34-8-10-35(11-9-34)30-49-21-23-50(24-22-49)44(51)19-12-36-26-33(3)45(42(46)27-36)54-43-18-17-41(29-48-43)53-31-39-7-5-4-6-38(39)28-47;/h4-19,26-27,29,32H,20-25,30-31H2,1-3H3;1H/b19-12+;. The Morgan fingerprint density at radius 1 is 0.909 bits per heavy atom. The van der Waals surface area contributed by atoms with E-state index in [4.69, 9.17) is 25.8 Å². The summed E-state index contributed by atoms with van der Waals surface area (Å²) in [5.41, 5.74) is 6.83. The first-order valence-electron chi connectivity index (χ1n) is 18.3. The largest absolute Gasteiger partial charge is 0.493 e. The molecule has 2 heterocycles. The molecule has 1 saturated heterocycles. The highest BCUT2D eigenvalue weighted by molar-refractivity contribution is 6.32. The molecule has 5 aromatic rings. The van der Waals surface area contributed by atoms with Crippen LogP contribution in [0.15, 0.2) is 109 Å². The van der Waals surface area contributed by atoms with E-state index in [-0.39, 0.29) is 24.9 Å². The summed E-state index contributed by atoms with van der Waals surface area (Å²) in [7, 11) is 0. The van der Waals surface area contributed by atoms with Crippen molar-refractivity contribution < 1.29 is 19.0 Å². The van der Waals surface area contributed by atoms with E-state index in [2.05, 4.69) is 66.2 Å². The Balaban J connectivity index is 0.00000580. The smallest absolute Gasteiger partial charge is 0.246 e. The molecule has 1 amide bonds. The van der Waals surface area contributed by atoms with Crippen LogP contribution < -0.4 is 14.2 Å². The number of halogens is 2. The molecule has 0 aliphatic carbocycles. The summed E-state index contributed by atoms with van der Waals surface area (Å²) >= 11 is 6.63. The van der Waals surface area contributed by atoms with Gasteiger partial charge in [0.25, 0.3) is 0 Å². The lowest BCUT2D eigenvalue weighted by Gasteiger charge is -2.34. The zero-order valence-corrected chi connectivity index (χ0v) is 33.0. The molecule has 0 radical (unpaired) electrons. The maximum Gasteiger partial charge on any atom is 0.246 e. The van der Waals surface area contributed by atoms with Gasteiger partial charge in [-0.2, -0.15) is 5.26 Å². The molecule has 1 aliphatic heterocycles. The number of aryl methyl sites for hydroxylation is 1. The fourth-order valence-electron chi connectivity index (χ4n) is 6.22. The number of pyridine rings is 1. The van der Waals surface area contributed by atoms with Crippen LogP contribution in [0.25, 0.3) is 6.08 Å². The van der Waals surface area contributed by atoms with E-state index >= 15 is 0 Å². The number of benzene rings is 4. The van der Waals surface area contributed by atoms with Crippen LogP contribution in [0.1, 0.15) is 58.7 Å². The lowest BCUT2D eigenvalue weighted by molar-refractivity contribution is -0.127. The van der Waals surface area contributed by atoms with E-state index in [1.54, 1.807) is 42.6 Å². The maximum absolute atomic E-state index is 13.1. The van der Waals surface area contributed by atoms with E-state index in [1.807, 2.05) is 48.2 Å². The van der Waals surface area contributed by atoms with Crippen molar-refractivity contribution in [3.63, 3.8) is 0 Å². The molecule has 0 spiro atoms. The quantitative estimate of drug-likeness (QED) is 0.104. The van der Waals surface area contributed by atoms with E-state index in [1.165, 1.54) is 16.7 Å². The number of ether oxygens (including phenoxy) is 3. The molecule has 10 heteroatoms. The van der Waals surface area contributed by atoms with Crippen LogP contribution in [0.2, 0.25) is 5.02 Å². The van der Waals surface area contributed by atoms with Gasteiger partial charge in [-0.05, 0) is 83.1 Å². The van der Waals surface area contributed by atoms with Crippen molar-refractivity contribution in [2.45, 2.75) is 46.3 Å². The molecule has 0 unspecified atom stereocenters. The third-order valence-corrected chi connectivity index (χ3v) is 9.72. The van der Waals surface area contributed by atoms with Gasteiger partial charge in [0.15, 0.2) is 5.75 Å². The van der Waals surface area contributed by atoms with Crippen LogP contribution in [-0.2, 0) is 24.4 Å². The minimum absolute atomic E-state index is 0. The van der Waals surface area contributed by atoms with Gasteiger partial charge >= 0.3 is 0 Å². The first-order valence-corrected chi connectivity index (χ1v) is 18.7. The molecule has 0 N–H and O–H groups in total. The van der Waals surface area contributed by atoms with Crippen LogP contribution in [0.4, 0.5) is 0 Å². The molecular weight excluding hydrogens is 731 g/mol. The highest BCUT2D eigenvalue weighted by Crippen LogP contribution is 2.34. The number of rotatable bonds is 14. The van der Waals surface area contributed by atoms with E-state index in [9.17, 15) is 10.1 Å². The van der Waals surface area contributed by atoms with Gasteiger partial charge in [0.1, 0.15) is 18.1 Å². The normalized spacial score (nSPS) is 13.0. The Hall–Kier alpha value is -5.33. The second-order valence-corrected chi connectivity index (χ2v) is 14.1. The van der Waals surface area contributed by atoms with Gasteiger partial charge in [-0.1, -0.05) is 80.0 Å². The average Bonchev–Trinajstić information content (AvgIpc) is 3.19. The number of hydrogen-bond donors (Lipinski definition) is 0. The molecule has 284 valence electrons. The minimum Gasteiger partial charge on any atom is -0.493 e. The molecule has 8 nitrogen and oxygen atoms in total. The number of piperazine rings is 1. The Bertz CT molecular complexity index is 2070. The van der Waals surface area contributed by atoms with Crippen molar-refractivity contribution in [3.8, 4) is 29.2 Å². The Morgan fingerprint density at radius 2 is 1.62 bits per heavy atom. The first-order chi connectivity index (χ1) is 26.2. The summed E-state index contributed by atoms with van der Waals surface area (Å²) < 4.78 is 17.8. The zero-order chi connectivity index (χ0) is 37.9. The topological polar surface area (TPSA) is 87.9 Å². The van der Waals surface area contributed by atoms with Crippen LogP contribution >= 0.6 is 24.0 Å². The minimum atomic E-state index is -0.0196. The van der Waals surface area contributed by atoms with E-state index in [0.717, 1.165) is 48.5 Å². The highest BCUT2D eigenvalue weighted by Gasteiger charge is 2.20. The predicted octanol–water partition coefficient (Wildman–Crippen LogP) is 9.81. The number of nitrogens with zero attached hydrogens (tertiary/aromatic N) is 4. The lowest BCUT2D eigenvalue weighted by Crippen LogP contribution is -2.47. The highest BCUT2D eigenvalue weighted by atomic mass is 35.5. The number of hydrogen-bond acceptors (Lipinski definition) is 7. The van der Waals surface area contributed by atoms with Crippen LogP contribution in [0.5, 0.6) is 23.1 Å². The summed E-state index contributed by atoms with van der Waals surface area (Å²) in [6.07, 6.45) is 5.83. The number of carbonyl (C=O) groups excluding carboxylic acids is 1. The monoisotopic (exact) mass is 776 g/mol. The van der Waals surface area contributed by atoms with Crippen LogP contribution in [-0.4, -0.2) is 53.5 Å². The molecular formula is C45H46Cl2N4O4. The summed E-state index contributed by atoms with van der Waals surface area (Å²) in [6.45, 7) is 11.0. The fraction of sp³-hybridized carbons (Fsp3) is 0.267. The van der Waals surface area contributed by atoms with Gasteiger partial charge in [-0.15, -0.1) is 12.4 Å². The van der Waals surface area contributed by atoms with Crippen molar-refractivity contribution >= 4 is 36.0 Å². The first kappa shape index (κ1) is 40.8. The van der Waals surface area contributed by atoms with Crippen molar-refractivity contribution in [2.24, 2.45) is 0 Å². The molecule has 1 aromatic heterocycles. The van der Waals surface area contributed by atoms with Gasteiger partial charge < -0.3 is 19.1 Å². The Kier molecular flexibility index (Phi) is 14.7. The van der Waals surface area contributed by atoms with E-state index < -0.39 is 0 Å². The molecule has 1 aliphatic rings. The summed E-state index contributed by atoms with van der Waals surface area (Å²) in [4.78, 5) is 21.7. The van der Waals surface area contributed by atoms with Crippen LogP contribution in [0.3, 0.4) is 0 Å². The van der Waals surface area contributed by atoms with Crippen molar-refractivity contribution in [3.05, 3.63) is 153 Å². The second kappa shape index (κ2) is 19.8. The molecule has 6 rings (SSSR count). The fourth-order valence-corrected chi connectivity index (χ4v) is 6.53. The summed E-state index contributed by atoms with van der Waals surface area (Å²) in [5, 5.41) is 9.71. The van der Waals surface area contributed by atoms with Gasteiger partial charge in [-0.25, -0.2) is 4.98 Å². The number of carbonyl (C=O) groups is 1.